The van der Waals surface area contributed by atoms with Crippen molar-refractivity contribution >= 4 is 6.71 Å². The van der Waals surface area contributed by atoms with Gasteiger partial charge in [-0.25, -0.2) is 0 Å². The summed E-state index contributed by atoms with van der Waals surface area (Å²) in [5.74, 6) is 5.22. The predicted octanol–water partition coefficient (Wildman–Crippen LogP) is 5.96. The smallest absolute Gasteiger partial charge is 0.183 e. The lowest BCUT2D eigenvalue weighted by molar-refractivity contribution is -0.194. The van der Waals surface area contributed by atoms with Crippen LogP contribution in [0.25, 0.3) is 0 Å². The van der Waals surface area contributed by atoms with E-state index in [9.17, 15) is 0 Å². The Bertz CT molecular complexity index is 720. The van der Waals surface area contributed by atoms with E-state index in [1.165, 1.54) is 148 Å². The topological polar surface area (TPSA) is 39.3 Å². The zero-order chi connectivity index (χ0) is 25.8. The van der Waals surface area contributed by atoms with Gasteiger partial charge in [-0.15, -0.1) is 0 Å². The average Bonchev–Trinajstić information content (AvgIpc) is 3.02. The van der Waals surface area contributed by atoms with Gasteiger partial charge < -0.3 is 16.0 Å². The molecule has 0 aromatic heterocycles. The lowest BCUT2D eigenvalue weighted by Crippen LogP contribution is -2.84. The highest BCUT2D eigenvalue weighted by atomic mass is 15.3. The molecule has 5 heteroatoms. The molecule has 0 amide bonds. The van der Waals surface area contributed by atoms with E-state index in [4.69, 9.17) is 0 Å². The van der Waals surface area contributed by atoms with E-state index in [2.05, 4.69) is 20.9 Å². The van der Waals surface area contributed by atoms with Gasteiger partial charge in [-0.1, -0.05) is 70.0 Å². The van der Waals surface area contributed by atoms with Crippen LogP contribution in [0.4, 0.5) is 0 Å². The van der Waals surface area contributed by atoms with Crippen molar-refractivity contribution in [2.75, 3.05) is 19.6 Å². The lowest BCUT2D eigenvalue weighted by Gasteiger charge is -2.74. The van der Waals surface area contributed by atoms with Crippen LogP contribution in [0.3, 0.4) is 0 Å². The van der Waals surface area contributed by atoms with Crippen molar-refractivity contribution in [2.45, 2.75) is 170 Å². The van der Waals surface area contributed by atoms with Crippen LogP contribution in [0.2, 0.25) is 5.82 Å². The second-order valence-electron chi connectivity index (χ2n) is 15.8. The molecular formula is C34H59BN4. The third kappa shape index (κ3) is 4.20. The first-order chi connectivity index (χ1) is 19.4. The molecule has 8 unspecified atom stereocenters. The normalized spacial score (nSPS) is 48.2. The fraction of sp³-hybridized carbons (Fsp3) is 1.00. The lowest BCUT2D eigenvalue weighted by atomic mass is 9.19. The Morgan fingerprint density at radius 1 is 0.487 bits per heavy atom. The highest BCUT2D eigenvalue weighted by molar-refractivity contribution is 6.64. The maximum Gasteiger partial charge on any atom is 0.183 e. The van der Waals surface area contributed by atoms with Crippen molar-refractivity contribution in [1.82, 2.24) is 20.9 Å². The molecule has 8 aliphatic rings. The van der Waals surface area contributed by atoms with Gasteiger partial charge >= 0.3 is 0 Å². The van der Waals surface area contributed by atoms with Crippen LogP contribution in [0, 0.1) is 23.2 Å². The van der Waals surface area contributed by atoms with Crippen LogP contribution in [-0.2, 0) is 0 Å². The summed E-state index contributed by atoms with van der Waals surface area (Å²) in [5, 5.41) is 13.2. The van der Waals surface area contributed by atoms with Crippen LogP contribution in [0.5, 0.6) is 0 Å². The van der Waals surface area contributed by atoms with Crippen molar-refractivity contribution in [1.29, 1.82) is 0 Å². The maximum atomic E-state index is 4.45. The van der Waals surface area contributed by atoms with Crippen molar-refractivity contribution < 1.29 is 0 Å². The fourth-order valence-electron chi connectivity index (χ4n) is 13.5. The zero-order valence-electron chi connectivity index (χ0n) is 25.1. The van der Waals surface area contributed by atoms with Gasteiger partial charge in [0.05, 0.1) is 0 Å². The molecule has 3 N–H and O–H groups in total. The molecule has 39 heavy (non-hydrogen) atoms. The Labute approximate surface area is 240 Å². The molecule has 0 aromatic rings. The molecular weight excluding hydrogens is 475 g/mol. The molecule has 1 spiro atoms. The Balaban J connectivity index is 1.26. The number of likely N-dealkylation sites (tertiary alicyclic amines) is 1. The number of nitrogens with one attached hydrogen (secondary N) is 3. The van der Waals surface area contributed by atoms with Crippen LogP contribution < -0.4 is 16.0 Å². The second-order valence-corrected chi connectivity index (χ2v) is 15.8. The van der Waals surface area contributed by atoms with Gasteiger partial charge in [-0.2, -0.15) is 0 Å². The van der Waals surface area contributed by atoms with Gasteiger partial charge in [-0.05, 0) is 119 Å². The van der Waals surface area contributed by atoms with Gasteiger partial charge in [0.2, 0.25) is 0 Å². The third-order valence-corrected chi connectivity index (χ3v) is 14.4. The molecule has 3 aliphatic carbocycles. The average molecular weight is 535 g/mol. The first-order valence-corrected chi connectivity index (χ1v) is 18.4. The molecule has 8 fully saturated rings. The van der Waals surface area contributed by atoms with Gasteiger partial charge in [0.1, 0.15) is 0 Å². The standard InChI is InChI=1S/C34H59BN4/c1-3-12-24(13-4-1)35-32-27(17-9-22-37-32)34(28-18-10-23-38-33(28)35)26-16-7-8-19-29(26)39(25-14-5-2-6-15-25)30-20-11-21-36-31(30)34/h24-33,36-38H,1-23H2. The van der Waals surface area contributed by atoms with Gasteiger partial charge in [-0.3, -0.25) is 4.90 Å². The minimum Gasteiger partial charge on any atom is -0.321 e. The number of fused-ring (bicyclic) bond motifs is 8. The van der Waals surface area contributed by atoms with Crippen molar-refractivity contribution in [3.63, 3.8) is 0 Å². The summed E-state index contributed by atoms with van der Waals surface area (Å²) in [5.41, 5.74) is 0.503. The molecule has 0 radical (unpaired) electrons. The molecule has 4 nitrogen and oxygen atoms in total. The number of nitrogens with zero attached hydrogens (tertiary/aromatic N) is 1. The summed E-state index contributed by atoms with van der Waals surface area (Å²) >= 11 is 0. The van der Waals surface area contributed by atoms with E-state index >= 15 is 0 Å². The number of rotatable bonds is 2. The van der Waals surface area contributed by atoms with Crippen LogP contribution in [0.1, 0.15) is 128 Å². The molecule has 8 atom stereocenters. The molecule has 0 bridgehead atoms. The van der Waals surface area contributed by atoms with Crippen molar-refractivity contribution in [2.24, 2.45) is 23.2 Å². The van der Waals surface area contributed by atoms with E-state index in [0.29, 0.717) is 5.41 Å². The SMILES string of the molecule is C1CCC(B2C3NCCCC3C3(C4CCCNC24)C2CCCCC2N(C2CCCCC2)C2CCCNC23)CC1. The molecule has 8 rings (SSSR count). The number of hydrogen-bond acceptors (Lipinski definition) is 4. The summed E-state index contributed by atoms with van der Waals surface area (Å²) in [4.78, 5) is 3.29. The van der Waals surface area contributed by atoms with E-state index < -0.39 is 0 Å². The third-order valence-electron chi connectivity index (χ3n) is 14.4. The summed E-state index contributed by atoms with van der Waals surface area (Å²) in [7, 11) is 0. The first-order valence-electron chi connectivity index (χ1n) is 18.4. The summed E-state index contributed by atoms with van der Waals surface area (Å²) < 4.78 is 0. The summed E-state index contributed by atoms with van der Waals surface area (Å²) in [6.45, 7) is 4.72. The fourth-order valence-corrected chi connectivity index (χ4v) is 13.5. The van der Waals surface area contributed by atoms with Gasteiger partial charge in [0.25, 0.3) is 0 Å². The molecule has 5 heterocycles. The summed E-state index contributed by atoms with van der Waals surface area (Å²) in [6, 6.07) is 3.30. The highest BCUT2D eigenvalue weighted by Crippen LogP contribution is 2.65. The van der Waals surface area contributed by atoms with Gasteiger partial charge in [0, 0.05) is 24.2 Å². The molecule has 5 aliphatic heterocycles. The second kappa shape index (κ2) is 11.2. The minimum atomic E-state index is 0.503. The monoisotopic (exact) mass is 534 g/mol. The van der Waals surface area contributed by atoms with Crippen LogP contribution in [-0.4, -0.2) is 67.3 Å². The molecule has 3 saturated carbocycles. The Morgan fingerprint density at radius 3 is 1.74 bits per heavy atom. The van der Waals surface area contributed by atoms with E-state index in [1.54, 1.807) is 0 Å². The predicted molar refractivity (Wildman–Crippen MR) is 163 cm³/mol. The summed E-state index contributed by atoms with van der Waals surface area (Å²) in [6.07, 6.45) is 29.7. The number of hydrogen-bond donors (Lipinski definition) is 3. The molecule has 218 valence electrons. The number of piperidine rings is 4. The van der Waals surface area contributed by atoms with Gasteiger partial charge in [0.15, 0.2) is 6.71 Å². The Kier molecular flexibility index (Phi) is 7.62. The minimum absolute atomic E-state index is 0.503. The zero-order valence-corrected chi connectivity index (χ0v) is 25.1. The maximum absolute atomic E-state index is 4.45. The Hall–Kier alpha value is -0.0951. The molecule has 0 aromatic carbocycles. The Morgan fingerprint density at radius 2 is 1.03 bits per heavy atom. The largest absolute Gasteiger partial charge is 0.321 e. The van der Waals surface area contributed by atoms with E-state index in [0.717, 1.165) is 66.3 Å². The van der Waals surface area contributed by atoms with Crippen LogP contribution in [0.15, 0.2) is 0 Å². The van der Waals surface area contributed by atoms with Crippen molar-refractivity contribution in [3.8, 4) is 0 Å². The quantitative estimate of drug-likeness (QED) is 0.383. The highest BCUT2D eigenvalue weighted by Gasteiger charge is 2.71. The van der Waals surface area contributed by atoms with Crippen LogP contribution >= 0.6 is 0 Å². The first kappa shape index (κ1) is 26.5. The van der Waals surface area contributed by atoms with E-state index in [-0.39, 0.29) is 0 Å². The van der Waals surface area contributed by atoms with E-state index in [1.807, 2.05) is 0 Å². The molecule has 5 saturated heterocycles. The van der Waals surface area contributed by atoms with Crippen molar-refractivity contribution in [3.05, 3.63) is 0 Å².